The first-order valence-corrected chi connectivity index (χ1v) is 11.0. The van der Waals surface area contributed by atoms with Crippen LogP contribution in [0.1, 0.15) is 24.8 Å². The minimum absolute atomic E-state index is 0.0504. The fourth-order valence-corrected chi connectivity index (χ4v) is 4.39. The second-order valence-electron chi connectivity index (χ2n) is 7.18. The highest BCUT2D eigenvalue weighted by Crippen LogP contribution is 2.30. The monoisotopic (exact) mass is 423 g/mol. The summed E-state index contributed by atoms with van der Waals surface area (Å²) in [5.41, 5.74) is 1.67. The van der Waals surface area contributed by atoms with Crippen LogP contribution >= 0.6 is 11.8 Å². The molecule has 2 aliphatic rings. The van der Waals surface area contributed by atoms with E-state index in [0.29, 0.717) is 16.6 Å². The zero-order chi connectivity index (χ0) is 20.9. The molecule has 0 unspecified atom stereocenters. The van der Waals surface area contributed by atoms with Gasteiger partial charge in [-0.05, 0) is 55.2 Å². The molecule has 5 nitrogen and oxygen atoms in total. The molecule has 0 radical (unpaired) electrons. The fourth-order valence-electron chi connectivity index (χ4n) is 3.48. The van der Waals surface area contributed by atoms with Crippen molar-refractivity contribution in [3.8, 4) is 0 Å². The summed E-state index contributed by atoms with van der Waals surface area (Å²) in [6.07, 6.45) is 4.94. The van der Waals surface area contributed by atoms with E-state index < -0.39 is 0 Å². The van der Waals surface area contributed by atoms with Crippen LogP contribution < -0.4 is 4.90 Å². The predicted octanol–water partition coefficient (Wildman–Crippen LogP) is 4.32. The molecule has 2 aliphatic heterocycles. The maximum Gasteiger partial charge on any atom is 0.283 e. The van der Waals surface area contributed by atoms with E-state index in [2.05, 4.69) is 4.99 Å². The molecule has 0 bridgehead atoms. The predicted molar refractivity (Wildman–Crippen MR) is 119 cm³/mol. The lowest BCUT2D eigenvalue weighted by atomic mass is 10.1. The van der Waals surface area contributed by atoms with Crippen LogP contribution in [0.2, 0.25) is 0 Å². The van der Waals surface area contributed by atoms with Crippen molar-refractivity contribution in [2.75, 3.05) is 23.7 Å². The lowest BCUT2D eigenvalue weighted by molar-refractivity contribution is -0.129. The van der Waals surface area contributed by atoms with Gasteiger partial charge < -0.3 is 4.90 Å². The number of hydrogen-bond acceptors (Lipinski definition) is 4. The van der Waals surface area contributed by atoms with E-state index in [1.165, 1.54) is 28.8 Å². The molecular formula is C23H22FN3O2S. The molecule has 2 amide bonds. The molecule has 0 aromatic heterocycles. The molecule has 0 saturated carbocycles. The van der Waals surface area contributed by atoms with Crippen molar-refractivity contribution in [2.24, 2.45) is 4.99 Å². The van der Waals surface area contributed by atoms with Gasteiger partial charge in [-0.15, -0.1) is 0 Å². The number of halogens is 1. The molecule has 0 aliphatic carbocycles. The van der Waals surface area contributed by atoms with E-state index in [1.807, 2.05) is 35.2 Å². The largest absolute Gasteiger partial charge is 0.342 e. The Hall–Kier alpha value is -2.93. The van der Waals surface area contributed by atoms with Gasteiger partial charge >= 0.3 is 0 Å². The zero-order valence-corrected chi connectivity index (χ0v) is 17.3. The number of amidine groups is 1. The number of hydrogen-bond donors (Lipinski definition) is 0. The van der Waals surface area contributed by atoms with Crippen molar-refractivity contribution < 1.29 is 14.0 Å². The van der Waals surface area contributed by atoms with Crippen LogP contribution in [0.4, 0.5) is 10.1 Å². The van der Waals surface area contributed by atoms with Crippen LogP contribution in [0.15, 0.2) is 65.3 Å². The number of likely N-dealkylation sites (tertiary alicyclic amines) is 1. The normalized spacial score (nSPS) is 18.1. The van der Waals surface area contributed by atoms with Gasteiger partial charge in [0.05, 0.1) is 11.4 Å². The molecule has 2 aromatic carbocycles. The highest BCUT2D eigenvalue weighted by molar-refractivity contribution is 8.14. The van der Waals surface area contributed by atoms with Gasteiger partial charge in [0.15, 0.2) is 5.17 Å². The van der Waals surface area contributed by atoms with Crippen molar-refractivity contribution in [2.45, 2.75) is 19.3 Å². The number of piperidine rings is 1. The topological polar surface area (TPSA) is 53.0 Å². The number of aliphatic imine (C=N–C) groups is 1. The summed E-state index contributed by atoms with van der Waals surface area (Å²) in [4.78, 5) is 33.5. The molecule has 1 saturated heterocycles. The molecule has 7 heteroatoms. The molecule has 2 aromatic rings. The lowest BCUT2D eigenvalue weighted by Crippen LogP contribution is -2.38. The number of carbonyl (C=O) groups is 2. The summed E-state index contributed by atoms with van der Waals surface area (Å²) < 4.78 is 13.4. The van der Waals surface area contributed by atoms with Gasteiger partial charge in [-0.2, -0.15) is 0 Å². The van der Waals surface area contributed by atoms with E-state index >= 15 is 0 Å². The van der Waals surface area contributed by atoms with Crippen LogP contribution in [0.5, 0.6) is 0 Å². The number of benzene rings is 2. The molecule has 0 spiro atoms. The second-order valence-corrected chi connectivity index (χ2v) is 8.12. The van der Waals surface area contributed by atoms with Gasteiger partial charge in [-0.3, -0.25) is 14.5 Å². The standard InChI is InChI=1S/C23H22FN3O2S/c24-18-9-11-19(12-10-18)27-22(29)20(15-17-7-3-1-4-8-17)25-23(27)30-16-21(28)26-13-5-2-6-14-26/h1,3-4,7-12,15H,2,5-6,13-14,16H2. The molecule has 0 N–H and O–H groups in total. The quantitative estimate of drug-likeness (QED) is 0.689. The molecule has 4 rings (SSSR count). The minimum Gasteiger partial charge on any atom is -0.342 e. The number of anilines is 1. The fraction of sp³-hybridized carbons (Fsp3) is 0.261. The van der Waals surface area contributed by atoms with Crippen molar-refractivity contribution in [1.29, 1.82) is 0 Å². The van der Waals surface area contributed by atoms with Gasteiger partial charge in [0, 0.05) is 13.1 Å². The van der Waals surface area contributed by atoms with Crippen LogP contribution in [-0.4, -0.2) is 40.7 Å². The Morgan fingerprint density at radius 1 is 1.03 bits per heavy atom. The summed E-state index contributed by atoms with van der Waals surface area (Å²) in [5.74, 6) is -0.410. The smallest absolute Gasteiger partial charge is 0.283 e. The summed E-state index contributed by atoms with van der Waals surface area (Å²) in [7, 11) is 0. The summed E-state index contributed by atoms with van der Waals surface area (Å²) in [5, 5.41) is 0.430. The van der Waals surface area contributed by atoms with Crippen molar-refractivity contribution in [1.82, 2.24) is 4.90 Å². The molecule has 2 heterocycles. The summed E-state index contributed by atoms with van der Waals surface area (Å²) >= 11 is 1.24. The van der Waals surface area contributed by atoms with Gasteiger partial charge in [-0.25, -0.2) is 9.38 Å². The maximum atomic E-state index is 13.4. The highest BCUT2D eigenvalue weighted by Gasteiger charge is 2.32. The Balaban J connectivity index is 1.58. The molecule has 154 valence electrons. The summed E-state index contributed by atoms with van der Waals surface area (Å²) in [6.45, 7) is 1.57. The second kappa shape index (κ2) is 9.26. The Morgan fingerprint density at radius 3 is 2.43 bits per heavy atom. The average molecular weight is 424 g/mol. The van der Waals surface area contributed by atoms with Crippen LogP contribution in [0.3, 0.4) is 0 Å². The van der Waals surface area contributed by atoms with E-state index in [9.17, 15) is 14.0 Å². The Morgan fingerprint density at radius 2 is 1.73 bits per heavy atom. The third-order valence-electron chi connectivity index (χ3n) is 5.05. The number of amides is 2. The highest BCUT2D eigenvalue weighted by atomic mass is 32.2. The van der Waals surface area contributed by atoms with E-state index in [1.54, 1.807) is 18.2 Å². The molecule has 0 atom stereocenters. The number of rotatable bonds is 4. The molecule has 30 heavy (non-hydrogen) atoms. The van der Waals surface area contributed by atoms with E-state index in [4.69, 9.17) is 0 Å². The van der Waals surface area contributed by atoms with Crippen LogP contribution in [0, 0.1) is 5.82 Å². The Labute approximate surface area is 179 Å². The third kappa shape index (κ3) is 4.62. The van der Waals surface area contributed by atoms with Crippen molar-refractivity contribution in [3.63, 3.8) is 0 Å². The number of thioether (sulfide) groups is 1. The van der Waals surface area contributed by atoms with Crippen LogP contribution in [0.25, 0.3) is 6.08 Å². The first kappa shape index (κ1) is 20.3. The van der Waals surface area contributed by atoms with Crippen LogP contribution in [-0.2, 0) is 9.59 Å². The van der Waals surface area contributed by atoms with Gasteiger partial charge in [0.25, 0.3) is 5.91 Å². The SMILES string of the molecule is O=C(CSC1=NC(=Cc2ccccc2)C(=O)N1c1ccc(F)cc1)N1CCCCC1. The summed E-state index contributed by atoms with van der Waals surface area (Å²) in [6, 6.07) is 15.2. The first-order chi connectivity index (χ1) is 14.6. The van der Waals surface area contributed by atoms with Gasteiger partial charge in [0.2, 0.25) is 5.91 Å². The van der Waals surface area contributed by atoms with Gasteiger partial charge in [-0.1, -0.05) is 42.1 Å². The lowest BCUT2D eigenvalue weighted by Gasteiger charge is -2.26. The average Bonchev–Trinajstić information content (AvgIpc) is 3.09. The van der Waals surface area contributed by atoms with E-state index in [-0.39, 0.29) is 23.4 Å². The zero-order valence-electron chi connectivity index (χ0n) is 16.5. The third-order valence-corrected chi connectivity index (χ3v) is 5.97. The van der Waals surface area contributed by atoms with Gasteiger partial charge in [0.1, 0.15) is 11.5 Å². The van der Waals surface area contributed by atoms with Crippen molar-refractivity contribution in [3.05, 3.63) is 71.7 Å². The molecular weight excluding hydrogens is 401 g/mol. The number of carbonyl (C=O) groups excluding carboxylic acids is 2. The first-order valence-electron chi connectivity index (χ1n) is 9.98. The maximum absolute atomic E-state index is 13.4. The Bertz CT molecular complexity index is 983. The van der Waals surface area contributed by atoms with Crippen molar-refractivity contribution >= 4 is 40.5 Å². The number of nitrogens with zero attached hydrogens (tertiary/aromatic N) is 3. The molecule has 1 fully saturated rings. The Kier molecular flexibility index (Phi) is 6.28. The minimum atomic E-state index is -0.378. The van der Waals surface area contributed by atoms with E-state index in [0.717, 1.165) is 37.9 Å².